The predicted molar refractivity (Wildman–Crippen MR) is 95.2 cm³/mol. The van der Waals surface area contributed by atoms with Gasteiger partial charge in [-0.05, 0) is 36.4 Å². The topological polar surface area (TPSA) is 36.9 Å². The van der Waals surface area contributed by atoms with Crippen molar-refractivity contribution in [3.8, 4) is 5.75 Å². The van der Waals surface area contributed by atoms with E-state index in [9.17, 15) is 35.1 Å². The lowest BCUT2D eigenvalue weighted by Gasteiger charge is -2.25. The van der Waals surface area contributed by atoms with Crippen molar-refractivity contribution in [3.63, 3.8) is 0 Å². The summed E-state index contributed by atoms with van der Waals surface area (Å²) in [6, 6.07) is 4.34. The van der Waals surface area contributed by atoms with Crippen LogP contribution in [0.2, 0.25) is 0 Å². The predicted octanol–water partition coefficient (Wildman–Crippen LogP) is 5.64. The number of anilines is 1. The van der Waals surface area contributed by atoms with Gasteiger partial charge in [-0.15, -0.1) is 0 Å². The summed E-state index contributed by atoms with van der Waals surface area (Å²) in [6.45, 7) is -0.0468. The summed E-state index contributed by atoms with van der Waals surface area (Å²) in [4.78, 5) is 5.44. The molecule has 0 saturated heterocycles. The summed E-state index contributed by atoms with van der Waals surface area (Å²) in [7, 11) is 1.50. The van der Waals surface area contributed by atoms with Gasteiger partial charge in [0, 0.05) is 18.8 Å². The lowest BCUT2D eigenvalue weighted by atomic mass is 10.1. The van der Waals surface area contributed by atoms with E-state index in [2.05, 4.69) is 10.3 Å². The fraction of sp³-hybridized carbons (Fsp3) is 0.211. The highest BCUT2D eigenvalue weighted by atomic mass is 19.4. The summed E-state index contributed by atoms with van der Waals surface area (Å²) >= 11 is 0. The maximum Gasteiger partial charge on any atom is 0.419 e. The van der Waals surface area contributed by atoms with E-state index in [-0.39, 0.29) is 29.8 Å². The van der Waals surface area contributed by atoms with Gasteiger partial charge in [0.25, 0.3) is 0 Å². The molecule has 2 aromatic rings. The number of ether oxygens (including phenoxy) is 1. The van der Waals surface area contributed by atoms with Crippen molar-refractivity contribution in [2.45, 2.75) is 12.4 Å². The van der Waals surface area contributed by atoms with E-state index in [1.54, 1.807) is 0 Å². The van der Waals surface area contributed by atoms with Gasteiger partial charge < -0.3 is 15.0 Å². The van der Waals surface area contributed by atoms with Crippen LogP contribution < -0.4 is 10.1 Å². The van der Waals surface area contributed by atoms with Crippen molar-refractivity contribution < 1.29 is 39.9 Å². The third-order valence-corrected chi connectivity index (χ3v) is 4.10. The molecule has 0 radical (unpaired) electrons. The van der Waals surface area contributed by atoms with Crippen LogP contribution in [-0.4, -0.2) is 24.5 Å². The number of aliphatic imine (C=N–C) groups is 1. The van der Waals surface area contributed by atoms with Gasteiger partial charge in [-0.2, -0.15) is 26.3 Å². The van der Waals surface area contributed by atoms with E-state index in [0.717, 1.165) is 12.1 Å². The van der Waals surface area contributed by atoms with Crippen LogP contribution in [0.1, 0.15) is 11.1 Å². The molecule has 1 N–H and O–H groups in total. The minimum absolute atomic E-state index is 0.00427. The number of nitrogens with zero attached hydrogens (tertiary/aromatic N) is 2. The van der Waals surface area contributed by atoms with Gasteiger partial charge in [-0.3, -0.25) is 0 Å². The molecule has 31 heavy (non-hydrogen) atoms. The van der Waals surface area contributed by atoms with E-state index in [4.69, 9.17) is 4.74 Å². The SMILES string of the molecule is CN1CN=C(Nc2ccc(F)c(C(F)(F)F)c2)C=C1Oc1ccc(F)c(C(F)(F)F)c1. The van der Waals surface area contributed by atoms with Crippen molar-refractivity contribution >= 4 is 11.5 Å². The van der Waals surface area contributed by atoms with E-state index in [1.807, 2.05) is 0 Å². The van der Waals surface area contributed by atoms with Crippen LogP contribution in [0.4, 0.5) is 40.8 Å². The van der Waals surface area contributed by atoms with E-state index >= 15 is 0 Å². The standard InChI is InChI=1S/C19H13F8N3O/c1-30-9-28-16(29-10-2-4-14(20)12(6-10)18(22,23)24)8-17(30)31-11-3-5-15(21)13(7-11)19(25,26)27/h2-8H,9H2,1H3,(H,28,29). The Balaban J connectivity index is 1.83. The fourth-order valence-electron chi connectivity index (χ4n) is 2.58. The molecule has 3 rings (SSSR count). The van der Waals surface area contributed by atoms with Crippen LogP contribution in [0.3, 0.4) is 0 Å². The number of nitrogens with one attached hydrogen (secondary N) is 1. The third-order valence-electron chi connectivity index (χ3n) is 4.10. The first-order valence-corrected chi connectivity index (χ1v) is 8.50. The molecule has 1 aliphatic heterocycles. The molecule has 0 atom stereocenters. The van der Waals surface area contributed by atoms with Crippen LogP contribution in [0.25, 0.3) is 0 Å². The molecule has 4 nitrogen and oxygen atoms in total. The van der Waals surface area contributed by atoms with Crippen LogP contribution in [0.5, 0.6) is 5.75 Å². The average molecular weight is 451 g/mol. The Morgan fingerprint density at radius 2 is 1.48 bits per heavy atom. The molecule has 166 valence electrons. The van der Waals surface area contributed by atoms with Gasteiger partial charge in [0.2, 0.25) is 5.88 Å². The molecule has 0 spiro atoms. The Morgan fingerprint density at radius 1 is 0.903 bits per heavy atom. The largest absolute Gasteiger partial charge is 0.441 e. The molecule has 0 fully saturated rings. The number of amidine groups is 1. The second-order valence-corrected chi connectivity index (χ2v) is 6.42. The molecule has 0 aliphatic carbocycles. The van der Waals surface area contributed by atoms with E-state index in [1.165, 1.54) is 18.0 Å². The Morgan fingerprint density at radius 3 is 2.10 bits per heavy atom. The molecule has 12 heteroatoms. The summed E-state index contributed by atoms with van der Waals surface area (Å²) in [6.07, 6.45) is -8.61. The number of halogens is 8. The highest BCUT2D eigenvalue weighted by molar-refractivity contribution is 6.04. The molecule has 0 amide bonds. The summed E-state index contributed by atoms with van der Waals surface area (Å²) in [5, 5.41) is 2.56. The van der Waals surface area contributed by atoms with Crippen LogP contribution in [-0.2, 0) is 12.4 Å². The molecular weight excluding hydrogens is 438 g/mol. The second-order valence-electron chi connectivity index (χ2n) is 6.42. The lowest BCUT2D eigenvalue weighted by molar-refractivity contribution is -0.140. The zero-order valence-corrected chi connectivity index (χ0v) is 15.6. The van der Waals surface area contributed by atoms with Crippen molar-refractivity contribution in [2.75, 3.05) is 19.0 Å². The van der Waals surface area contributed by atoms with Gasteiger partial charge >= 0.3 is 12.4 Å². The highest BCUT2D eigenvalue weighted by Crippen LogP contribution is 2.35. The summed E-state index contributed by atoms with van der Waals surface area (Å²) in [5.41, 5.74) is -3.10. The minimum Gasteiger partial charge on any atom is -0.441 e. The first-order chi connectivity index (χ1) is 14.3. The molecule has 0 saturated carbocycles. The van der Waals surface area contributed by atoms with Crippen molar-refractivity contribution in [1.29, 1.82) is 0 Å². The summed E-state index contributed by atoms with van der Waals surface area (Å²) in [5.74, 6) is -3.21. The number of hydrogen-bond donors (Lipinski definition) is 1. The smallest absolute Gasteiger partial charge is 0.419 e. The lowest BCUT2D eigenvalue weighted by Crippen LogP contribution is -2.29. The highest BCUT2D eigenvalue weighted by Gasteiger charge is 2.35. The van der Waals surface area contributed by atoms with E-state index in [0.29, 0.717) is 24.3 Å². The van der Waals surface area contributed by atoms with Gasteiger partial charge in [0.1, 0.15) is 29.9 Å². The van der Waals surface area contributed by atoms with Crippen LogP contribution in [0.15, 0.2) is 53.3 Å². The maximum absolute atomic E-state index is 13.4. The number of benzene rings is 2. The summed E-state index contributed by atoms with van der Waals surface area (Å²) < 4.78 is 109. The van der Waals surface area contributed by atoms with Crippen LogP contribution in [0, 0.1) is 11.6 Å². The Kier molecular flexibility index (Phi) is 5.83. The normalized spacial score (nSPS) is 14.8. The average Bonchev–Trinajstić information content (AvgIpc) is 2.65. The molecule has 2 aromatic carbocycles. The number of hydrogen-bond acceptors (Lipinski definition) is 4. The first-order valence-electron chi connectivity index (χ1n) is 8.50. The molecule has 1 heterocycles. The number of rotatable bonds is 3. The molecule has 0 aromatic heterocycles. The van der Waals surface area contributed by atoms with Gasteiger partial charge in [-0.1, -0.05) is 0 Å². The monoisotopic (exact) mass is 451 g/mol. The number of alkyl halides is 6. The first kappa shape index (κ1) is 22.4. The maximum atomic E-state index is 13.4. The fourth-order valence-corrected chi connectivity index (χ4v) is 2.58. The quantitative estimate of drug-likeness (QED) is 0.615. The Bertz CT molecular complexity index is 1040. The van der Waals surface area contributed by atoms with Crippen LogP contribution >= 0.6 is 0 Å². The Labute approximate surface area is 170 Å². The zero-order chi connectivity index (χ0) is 23.0. The van der Waals surface area contributed by atoms with Gasteiger partial charge in [-0.25, -0.2) is 13.8 Å². The molecular formula is C19H13F8N3O. The Hall–Kier alpha value is -3.31. The zero-order valence-electron chi connectivity index (χ0n) is 15.6. The minimum atomic E-state index is -4.93. The molecule has 0 unspecified atom stereocenters. The molecule has 0 bridgehead atoms. The van der Waals surface area contributed by atoms with Gasteiger partial charge in [0.15, 0.2) is 0 Å². The van der Waals surface area contributed by atoms with Crippen molar-refractivity contribution in [2.24, 2.45) is 4.99 Å². The van der Waals surface area contributed by atoms with Crippen molar-refractivity contribution in [1.82, 2.24) is 4.90 Å². The molecule has 1 aliphatic rings. The van der Waals surface area contributed by atoms with Gasteiger partial charge in [0.05, 0.1) is 11.1 Å². The van der Waals surface area contributed by atoms with E-state index < -0.39 is 35.1 Å². The van der Waals surface area contributed by atoms with Crippen molar-refractivity contribution in [3.05, 3.63) is 71.1 Å². The second kappa shape index (κ2) is 8.08. The third kappa shape index (κ3) is 5.25.